The number of furan rings is 1. The zero-order valence-electron chi connectivity index (χ0n) is 18.6. The van der Waals surface area contributed by atoms with Gasteiger partial charge in [0.15, 0.2) is 5.76 Å². The largest absolute Gasteiger partial charge is 0.459 e. The molecule has 0 atom stereocenters. The molecule has 3 aromatic rings. The van der Waals surface area contributed by atoms with Gasteiger partial charge in [0, 0.05) is 31.3 Å². The molecule has 0 radical (unpaired) electrons. The molecule has 1 heterocycles. The second-order valence-electron chi connectivity index (χ2n) is 7.91. The Labute approximate surface area is 193 Å². The van der Waals surface area contributed by atoms with Gasteiger partial charge in [-0.3, -0.25) is 9.59 Å². The molecule has 0 bridgehead atoms. The SMILES string of the molecule is CC(=O)Nc1ccc(S(=O)(=O)Oc2ccccc2CN(CC(C)C)C(=O)c2ccco2)cc1. The fourth-order valence-electron chi connectivity index (χ4n) is 3.21. The van der Waals surface area contributed by atoms with Gasteiger partial charge in [-0.2, -0.15) is 8.42 Å². The maximum Gasteiger partial charge on any atom is 0.339 e. The lowest BCUT2D eigenvalue weighted by Gasteiger charge is -2.24. The fraction of sp³-hybridized carbons (Fsp3) is 0.250. The molecule has 0 aliphatic rings. The molecule has 174 valence electrons. The first-order chi connectivity index (χ1) is 15.7. The van der Waals surface area contributed by atoms with Gasteiger partial charge in [-0.05, 0) is 48.4 Å². The average Bonchev–Trinajstić information content (AvgIpc) is 3.28. The number of nitrogens with one attached hydrogen (secondary N) is 1. The average molecular weight is 471 g/mol. The molecule has 9 heteroatoms. The summed E-state index contributed by atoms with van der Waals surface area (Å²) in [5.41, 5.74) is 1.01. The molecular weight excluding hydrogens is 444 g/mol. The van der Waals surface area contributed by atoms with Crippen molar-refractivity contribution in [3.05, 3.63) is 78.3 Å². The van der Waals surface area contributed by atoms with Crippen LogP contribution in [0.25, 0.3) is 0 Å². The molecular formula is C24H26N2O6S. The summed E-state index contributed by atoms with van der Waals surface area (Å²) in [6.45, 7) is 5.93. The minimum absolute atomic E-state index is 0.0582. The van der Waals surface area contributed by atoms with Crippen LogP contribution in [0.1, 0.15) is 36.9 Å². The van der Waals surface area contributed by atoms with Crippen LogP contribution in [0.15, 0.2) is 76.2 Å². The van der Waals surface area contributed by atoms with Crippen LogP contribution in [0.2, 0.25) is 0 Å². The number of carbonyl (C=O) groups excluding carboxylic acids is 2. The lowest BCUT2D eigenvalue weighted by atomic mass is 10.1. The van der Waals surface area contributed by atoms with Crippen LogP contribution in [-0.2, 0) is 21.5 Å². The van der Waals surface area contributed by atoms with Crippen LogP contribution in [0.5, 0.6) is 5.75 Å². The van der Waals surface area contributed by atoms with Crippen LogP contribution in [0.3, 0.4) is 0 Å². The van der Waals surface area contributed by atoms with Crippen molar-refractivity contribution in [1.82, 2.24) is 4.90 Å². The number of amides is 2. The maximum atomic E-state index is 12.9. The number of para-hydroxylation sites is 1. The number of nitrogens with zero attached hydrogens (tertiary/aromatic N) is 1. The molecule has 0 fully saturated rings. The third-order valence-corrected chi connectivity index (χ3v) is 5.85. The monoisotopic (exact) mass is 470 g/mol. The minimum Gasteiger partial charge on any atom is -0.459 e. The zero-order chi connectivity index (χ0) is 24.0. The summed E-state index contributed by atoms with van der Waals surface area (Å²) in [6, 6.07) is 15.6. The molecule has 2 amide bonds. The van der Waals surface area contributed by atoms with E-state index < -0.39 is 10.1 Å². The predicted octanol–water partition coefficient (Wildman–Crippen LogP) is 4.30. The highest BCUT2D eigenvalue weighted by Gasteiger charge is 2.23. The van der Waals surface area contributed by atoms with Crippen molar-refractivity contribution in [2.75, 3.05) is 11.9 Å². The van der Waals surface area contributed by atoms with E-state index in [0.717, 1.165) is 0 Å². The molecule has 8 nitrogen and oxygen atoms in total. The Kier molecular flexibility index (Phi) is 7.55. The number of anilines is 1. The Morgan fingerprint density at radius 3 is 2.33 bits per heavy atom. The van der Waals surface area contributed by atoms with Gasteiger partial charge < -0.3 is 18.8 Å². The first kappa shape index (κ1) is 24.1. The van der Waals surface area contributed by atoms with Crippen molar-refractivity contribution in [2.24, 2.45) is 5.92 Å². The van der Waals surface area contributed by atoms with Crippen molar-refractivity contribution < 1.29 is 26.6 Å². The van der Waals surface area contributed by atoms with Crippen molar-refractivity contribution >= 4 is 27.6 Å². The molecule has 0 aliphatic heterocycles. The molecule has 0 unspecified atom stereocenters. The Balaban J connectivity index is 1.84. The van der Waals surface area contributed by atoms with Gasteiger partial charge in [0.1, 0.15) is 10.6 Å². The van der Waals surface area contributed by atoms with Crippen LogP contribution in [0.4, 0.5) is 5.69 Å². The van der Waals surface area contributed by atoms with E-state index in [1.54, 1.807) is 41.3 Å². The fourth-order valence-corrected chi connectivity index (χ4v) is 4.18. The van der Waals surface area contributed by atoms with E-state index in [1.165, 1.54) is 37.5 Å². The number of benzene rings is 2. The lowest BCUT2D eigenvalue weighted by molar-refractivity contribution is -0.114. The van der Waals surface area contributed by atoms with Gasteiger partial charge >= 0.3 is 10.1 Å². The van der Waals surface area contributed by atoms with E-state index >= 15 is 0 Å². The standard InChI is InChI=1S/C24H26N2O6S/c1-17(2)15-26(24(28)23-9-6-14-31-23)16-19-7-4-5-8-22(19)32-33(29,30)21-12-10-20(11-13-21)25-18(3)27/h4-14,17H,15-16H2,1-3H3,(H,25,27). The summed E-state index contributed by atoms with van der Waals surface area (Å²) in [5.74, 6) is -0.0287. The van der Waals surface area contributed by atoms with Crippen LogP contribution >= 0.6 is 0 Å². The summed E-state index contributed by atoms with van der Waals surface area (Å²) in [6.07, 6.45) is 1.43. The molecule has 3 rings (SSSR count). The smallest absolute Gasteiger partial charge is 0.339 e. The van der Waals surface area contributed by atoms with E-state index in [-0.39, 0.29) is 40.7 Å². The van der Waals surface area contributed by atoms with E-state index in [9.17, 15) is 18.0 Å². The second-order valence-corrected chi connectivity index (χ2v) is 9.45. The van der Waals surface area contributed by atoms with Crippen LogP contribution in [0, 0.1) is 5.92 Å². The first-order valence-corrected chi connectivity index (χ1v) is 11.8. The molecule has 1 aromatic heterocycles. The van der Waals surface area contributed by atoms with Gasteiger partial charge in [0.05, 0.1) is 6.26 Å². The van der Waals surface area contributed by atoms with Crippen molar-refractivity contribution in [3.63, 3.8) is 0 Å². The second kappa shape index (κ2) is 10.4. The van der Waals surface area contributed by atoms with E-state index in [2.05, 4.69) is 5.32 Å². The lowest BCUT2D eigenvalue weighted by Crippen LogP contribution is -2.33. The summed E-state index contributed by atoms with van der Waals surface area (Å²) in [4.78, 5) is 25.6. The summed E-state index contributed by atoms with van der Waals surface area (Å²) in [5, 5.41) is 2.58. The normalized spacial score (nSPS) is 11.3. The summed E-state index contributed by atoms with van der Waals surface area (Å²) in [7, 11) is -4.14. The molecule has 0 saturated carbocycles. The molecule has 0 saturated heterocycles. The molecule has 0 spiro atoms. The Hall–Kier alpha value is -3.59. The van der Waals surface area contributed by atoms with Gasteiger partial charge in [-0.15, -0.1) is 0 Å². The Morgan fingerprint density at radius 2 is 1.73 bits per heavy atom. The highest BCUT2D eigenvalue weighted by molar-refractivity contribution is 7.87. The maximum absolute atomic E-state index is 12.9. The molecule has 2 aromatic carbocycles. The third kappa shape index (κ3) is 6.45. The van der Waals surface area contributed by atoms with Gasteiger partial charge in [0.25, 0.3) is 5.91 Å². The minimum atomic E-state index is -4.14. The Bertz CT molecular complexity index is 1200. The van der Waals surface area contributed by atoms with Crippen molar-refractivity contribution in [2.45, 2.75) is 32.2 Å². The Morgan fingerprint density at radius 1 is 1.03 bits per heavy atom. The number of hydrogen-bond donors (Lipinski definition) is 1. The van der Waals surface area contributed by atoms with Crippen LogP contribution < -0.4 is 9.50 Å². The van der Waals surface area contributed by atoms with E-state index in [4.69, 9.17) is 8.60 Å². The highest BCUT2D eigenvalue weighted by Crippen LogP contribution is 2.26. The van der Waals surface area contributed by atoms with Crippen molar-refractivity contribution in [3.8, 4) is 5.75 Å². The topological polar surface area (TPSA) is 106 Å². The van der Waals surface area contributed by atoms with Gasteiger partial charge in [-0.25, -0.2) is 0 Å². The van der Waals surface area contributed by atoms with Gasteiger partial charge in [0.2, 0.25) is 5.91 Å². The highest BCUT2D eigenvalue weighted by atomic mass is 32.2. The number of hydrogen-bond acceptors (Lipinski definition) is 6. The zero-order valence-corrected chi connectivity index (χ0v) is 19.5. The number of rotatable bonds is 9. The molecule has 1 N–H and O–H groups in total. The summed E-state index contributed by atoms with van der Waals surface area (Å²) >= 11 is 0. The first-order valence-electron chi connectivity index (χ1n) is 10.4. The molecule has 33 heavy (non-hydrogen) atoms. The van der Waals surface area contributed by atoms with E-state index in [0.29, 0.717) is 17.8 Å². The van der Waals surface area contributed by atoms with E-state index in [1.807, 2.05) is 13.8 Å². The number of carbonyl (C=O) groups is 2. The summed E-state index contributed by atoms with van der Waals surface area (Å²) < 4.78 is 36.4. The quantitative estimate of drug-likeness (QED) is 0.467. The van der Waals surface area contributed by atoms with Crippen LogP contribution in [-0.4, -0.2) is 31.7 Å². The van der Waals surface area contributed by atoms with Crippen molar-refractivity contribution in [1.29, 1.82) is 0 Å². The third-order valence-electron chi connectivity index (χ3n) is 4.60. The van der Waals surface area contributed by atoms with Gasteiger partial charge in [-0.1, -0.05) is 32.0 Å². The molecule has 0 aliphatic carbocycles. The predicted molar refractivity (Wildman–Crippen MR) is 123 cm³/mol.